The Morgan fingerprint density at radius 2 is 1.50 bits per heavy atom. The summed E-state index contributed by atoms with van der Waals surface area (Å²) >= 11 is 6.24. The topological polar surface area (TPSA) is 20.2 Å². The smallest absolute Gasteiger partial charge is 0.0911 e. The molecule has 0 bridgehead atoms. The van der Waals surface area contributed by atoms with Crippen LogP contribution in [0.5, 0.6) is 0 Å². The summed E-state index contributed by atoms with van der Waals surface area (Å²) in [5.74, 6) is 0. The third-order valence-corrected chi connectivity index (χ3v) is 5.51. The van der Waals surface area contributed by atoms with Crippen molar-refractivity contribution in [3.05, 3.63) is 34.9 Å². The molecule has 98 valence electrons. The van der Waals surface area contributed by atoms with Crippen LogP contribution in [0.3, 0.4) is 0 Å². The maximum atomic E-state index is 10.9. The van der Waals surface area contributed by atoms with Gasteiger partial charge in [0.15, 0.2) is 0 Å². The molecule has 1 nitrogen and oxygen atoms in total. The molecule has 0 aliphatic heterocycles. The number of halogens is 1. The van der Waals surface area contributed by atoms with Crippen LogP contribution in [-0.4, -0.2) is 5.11 Å². The first-order valence-corrected chi connectivity index (χ1v) is 7.49. The molecule has 2 saturated carbocycles. The summed E-state index contributed by atoms with van der Waals surface area (Å²) in [6, 6.07) is 7.76. The van der Waals surface area contributed by atoms with Crippen LogP contribution in [0.15, 0.2) is 24.3 Å². The van der Waals surface area contributed by atoms with Crippen LogP contribution >= 0.6 is 11.6 Å². The van der Waals surface area contributed by atoms with E-state index in [1.807, 2.05) is 24.3 Å². The summed E-state index contributed by atoms with van der Waals surface area (Å²) in [5, 5.41) is 11.6. The van der Waals surface area contributed by atoms with Gasteiger partial charge < -0.3 is 5.11 Å². The zero-order valence-electron chi connectivity index (χ0n) is 10.8. The minimum Gasteiger partial charge on any atom is -0.385 e. The molecule has 2 heteroatoms. The van der Waals surface area contributed by atoms with Gasteiger partial charge in [0.05, 0.1) is 5.60 Å². The molecule has 2 fully saturated rings. The van der Waals surface area contributed by atoms with Crippen LogP contribution in [0.25, 0.3) is 0 Å². The molecule has 18 heavy (non-hydrogen) atoms. The molecule has 0 unspecified atom stereocenters. The van der Waals surface area contributed by atoms with Crippen LogP contribution in [-0.2, 0) is 5.60 Å². The molecular weight excluding hydrogens is 244 g/mol. The molecule has 2 aliphatic carbocycles. The number of aliphatic hydroxyl groups is 1. The first-order valence-electron chi connectivity index (χ1n) is 7.11. The van der Waals surface area contributed by atoms with E-state index in [1.54, 1.807) is 0 Å². The highest BCUT2D eigenvalue weighted by Gasteiger charge is 2.44. The van der Waals surface area contributed by atoms with E-state index in [4.69, 9.17) is 11.6 Å². The first-order chi connectivity index (χ1) is 8.64. The Kier molecular flexibility index (Phi) is 3.15. The molecule has 1 N–H and O–H groups in total. The lowest BCUT2D eigenvalue weighted by molar-refractivity contribution is -0.0375. The van der Waals surface area contributed by atoms with Gasteiger partial charge in [-0.25, -0.2) is 0 Å². The van der Waals surface area contributed by atoms with Gasteiger partial charge in [0.1, 0.15) is 0 Å². The molecule has 2 aliphatic rings. The van der Waals surface area contributed by atoms with Gasteiger partial charge >= 0.3 is 0 Å². The van der Waals surface area contributed by atoms with Crippen molar-refractivity contribution >= 4 is 11.6 Å². The second-order valence-corrected chi connectivity index (χ2v) is 6.63. The Balaban J connectivity index is 1.80. The molecule has 0 amide bonds. The lowest BCUT2D eigenvalue weighted by Gasteiger charge is -2.42. The molecule has 1 aromatic carbocycles. The van der Waals surface area contributed by atoms with Crippen LogP contribution < -0.4 is 0 Å². The number of rotatable bonds is 1. The van der Waals surface area contributed by atoms with Crippen molar-refractivity contribution in [3.8, 4) is 0 Å². The minimum atomic E-state index is -0.688. The summed E-state index contributed by atoms with van der Waals surface area (Å²) in [4.78, 5) is 0. The van der Waals surface area contributed by atoms with Crippen molar-refractivity contribution in [1.29, 1.82) is 0 Å². The zero-order chi connectivity index (χ0) is 12.6. The second-order valence-electron chi connectivity index (χ2n) is 6.22. The van der Waals surface area contributed by atoms with Gasteiger partial charge in [-0.15, -0.1) is 0 Å². The maximum Gasteiger partial charge on any atom is 0.0911 e. The lowest BCUT2D eigenvalue weighted by atomic mass is 9.66. The highest BCUT2D eigenvalue weighted by molar-refractivity contribution is 6.31. The average Bonchev–Trinajstić information content (AvgIpc) is 2.83. The molecular formula is C16H21ClO. The third-order valence-electron chi connectivity index (χ3n) is 5.18. The van der Waals surface area contributed by atoms with Crippen LogP contribution in [0.4, 0.5) is 0 Å². The summed E-state index contributed by atoms with van der Waals surface area (Å²) in [6.07, 6.45) is 9.56. The standard InChI is InChI=1S/C16H21ClO/c17-14-6-2-1-5-13(14)16(18)11-9-15(10-12-16)7-3-4-8-15/h1-2,5-6,18H,3-4,7-12H2. The van der Waals surface area contributed by atoms with Crippen LogP contribution in [0, 0.1) is 5.41 Å². The molecule has 0 heterocycles. The van der Waals surface area contributed by atoms with Crippen LogP contribution in [0.1, 0.15) is 56.9 Å². The van der Waals surface area contributed by atoms with Crippen molar-refractivity contribution in [2.24, 2.45) is 5.41 Å². The SMILES string of the molecule is OC1(c2ccccc2Cl)CCC2(CCCC2)CC1. The van der Waals surface area contributed by atoms with Crippen LogP contribution in [0.2, 0.25) is 5.02 Å². The monoisotopic (exact) mass is 264 g/mol. The van der Waals surface area contributed by atoms with E-state index in [0.29, 0.717) is 10.4 Å². The van der Waals surface area contributed by atoms with E-state index in [9.17, 15) is 5.11 Å². The maximum absolute atomic E-state index is 10.9. The summed E-state index contributed by atoms with van der Waals surface area (Å²) < 4.78 is 0. The van der Waals surface area contributed by atoms with Gasteiger partial charge in [-0.2, -0.15) is 0 Å². The second kappa shape index (κ2) is 4.54. The number of hydrogen-bond donors (Lipinski definition) is 1. The molecule has 0 aromatic heterocycles. The first kappa shape index (κ1) is 12.5. The Morgan fingerprint density at radius 3 is 2.11 bits per heavy atom. The largest absolute Gasteiger partial charge is 0.385 e. The van der Waals surface area contributed by atoms with Gasteiger partial charge in [-0.3, -0.25) is 0 Å². The quantitative estimate of drug-likeness (QED) is 0.782. The van der Waals surface area contributed by atoms with Gasteiger partial charge in [0.25, 0.3) is 0 Å². The Bertz CT molecular complexity index is 424. The van der Waals surface area contributed by atoms with Crippen molar-refractivity contribution in [2.75, 3.05) is 0 Å². The average molecular weight is 265 g/mol. The fraction of sp³-hybridized carbons (Fsp3) is 0.625. The van der Waals surface area contributed by atoms with Gasteiger partial charge in [-0.1, -0.05) is 42.6 Å². The summed E-state index contributed by atoms with van der Waals surface area (Å²) in [7, 11) is 0. The Labute approximate surface area is 114 Å². The molecule has 0 radical (unpaired) electrons. The number of hydrogen-bond acceptors (Lipinski definition) is 1. The third kappa shape index (κ3) is 2.08. The molecule has 0 saturated heterocycles. The predicted octanol–water partition coefficient (Wildman–Crippen LogP) is 4.66. The van der Waals surface area contributed by atoms with E-state index in [0.717, 1.165) is 31.2 Å². The van der Waals surface area contributed by atoms with Gasteiger partial charge in [0.2, 0.25) is 0 Å². The fourth-order valence-corrected chi connectivity index (χ4v) is 4.24. The molecule has 1 aromatic rings. The minimum absolute atomic E-state index is 0.549. The fourth-order valence-electron chi connectivity index (χ4n) is 3.93. The van der Waals surface area contributed by atoms with E-state index >= 15 is 0 Å². The lowest BCUT2D eigenvalue weighted by Crippen LogP contribution is -2.36. The zero-order valence-corrected chi connectivity index (χ0v) is 11.5. The van der Waals surface area contributed by atoms with E-state index in [2.05, 4.69) is 0 Å². The molecule has 3 rings (SSSR count). The van der Waals surface area contributed by atoms with Gasteiger partial charge in [0, 0.05) is 10.6 Å². The molecule has 0 atom stereocenters. The highest BCUT2D eigenvalue weighted by atomic mass is 35.5. The Hall–Kier alpha value is -0.530. The van der Waals surface area contributed by atoms with E-state index in [1.165, 1.54) is 25.7 Å². The summed E-state index contributed by atoms with van der Waals surface area (Å²) in [6.45, 7) is 0. The van der Waals surface area contributed by atoms with Crippen molar-refractivity contribution in [1.82, 2.24) is 0 Å². The van der Waals surface area contributed by atoms with E-state index < -0.39 is 5.60 Å². The highest BCUT2D eigenvalue weighted by Crippen LogP contribution is 2.54. The van der Waals surface area contributed by atoms with E-state index in [-0.39, 0.29) is 0 Å². The van der Waals surface area contributed by atoms with Gasteiger partial charge in [-0.05, 0) is 50.0 Å². The molecule has 1 spiro atoms. The number of benzene rings is 1. The predicted molar refractivity (Wildman–Crippen MR) is 74.7 cm³/mol. The van der Waals surface area contributed by atoms with Crippen molar-refractivity contribution in [3.63, 3.8) is 0 Å². The summed E-state index contributed by atoms with van der Waals surface area (Å²) in [5.41, 5.74) is 0.791. The van der Waals surface area contributed by atoms with Crippen molar-refractivity contribution < 1.29 is 5.11 Å². The van der Waals surface area contributed by atoms with Crippen molar-refractivity contribution in [2.45, 2.75) is 57.0 Å². The Morgan fingerprint density at radius 1 is 0.889 bits per heavy atom. The normalized spacial score (nSPS) is 25.4.